The van der Waals surface area contributed by atoms with Gasteiger partial charge in [0.1, 0.15) is 12.4 Å². The lowest BCUT2D eigenvalue weighted by Gasteiger charge is -2.26. The predicted octanol–water partition coefficient (Wildman–Crippen LogP) is 2.66. The zero-order valence-electron chi connectivity index (χ0n) is 14.2. The highest BCUT2D eigenvalue weighted by molar-refractivity contribution is 7.97. The highest BCUT2D eigenvalue weighted by atomic mass is 32.2. The molecule has 1 amide bonds. The Hall–Kier alpha value is -2.02. The minimum Gasteiger partial charge on any atom is -0.481 e. The first-order chi connectivity index (χ1) is 11.3. The fourth-order valence-electron chi connectivity index (χ4n) is 2.58. The number of hydrogen-bond donors (Lipinski definition) is 2. The molecule has 7 heteroatoms. The molecule has 1 aromatic heterocycles. The van der Waals surface area contributed by atoms with Crippen LogP contribution < -0.4 is 5.32 Å². The lowest BCUT2D eigenvalue weighted by Crippen LogP contribution is -2.45. The van der Waals surface area contributed by atoms with E-state index in [9.17, 15) is 9.59 Å². The van der Waals surface area contributed by atoms with Crippen LogP contribution in [0.5, 0.6) is 0 Å². The molecule has 0 aliphatic heterocycles. The van der Waals surface area contributed by atoms with E-state index < -0.39 is 11.5 Å². The number of para-hydroxylation sites is 2. The van der Waals surface area contributed by atoms with Gasteiger partial charge in [-0.15, -0.1) is 0 Å². The van der Waals surface area contributed by atoms with Crippen LogP contribution in [-0.2, 0) is 21.9 Å². The minimum absolute atomic E-state index is 0.0268. The molecule has 130 valence electrons. The van der Waals surface area contributed by atoms with Crippen molar-refractivity contribution in [2.24, 2.45) is 0 Å². The van der Waals surface area contributed by atoms with Crippen molar-refractivity contribution in [3.8, 4) is 0 Å². The average molecular weight is 349 g/mol. The standard InChI is InChI=1S/C17H23N3O3S/c1-17(2,9-8-16(22)23)19-15(21)10-20-13-7-5-4-6-12(13)18-14(20)11-24-3/h4-7H,8-11H2,1-3H3,(H,19,21)(H,22,23). The van der Waals surface area contributed by atoms with Gasteiger partial charge in [0, 0.05) is 12.0 Å². The molecule has 0 radical (unpaired) electrons. The summed E-state index contributed by atoms with van der Waals surface area (Å²) in [4.78, 5) is 27.8. The van der Waals surface area contributed by atoms with Crippen LogP contribution in [0.2, 0.25) is 0 Å². The largest absolute Gasteiger partial charge is 0.481 e. The van der Waals surface area contributed by atoms with E-state index in [2.05, 4.69) is 10.3 Å². The van der Waals surface area contributed by atoms with Crippen LogP contribution in [0.25, 0.3) is 11.0 Å². The molecule has 2 N–H and O–H groups in total. The number of carbonyl (C=O) groups is 2. The summed E-state index contributed by atoms with van der Waals surface area (Å²) in [5.74, 6) is 0.586. The third-order valence-corrected chi connectivity index (χ3v) is 4.30. The molecule has 0 atom stereocenters. The Morgan fingerprint density at radius 1 is 1.33 bits per heavy atom. The van der Waals surface area contributed by atoms with Gasteiger partial charge in [0.15, 0.2) is 0 Å². The predicted molar refractivity (Wildman–Crippen MR) is 96.0 cm³/mol. The number of carboxylic acids is 1. The average Bonchev–Trinajstić information content (AvgIpc) is 2.83. The molecule has 0 saturated heterocycles. The van der Waals surface area contributed by atoms with Crippen molar-refractivity contribution in [2.75, 3.05) is 6.26 Å². The summed E-state index contributed by atoms with van der Waals surface area (Å²) in [6.45, 7) is 3.85. The molecule has 2 aromatic rings. The Labute approximate surface area is 145 Å². The Morgan fingerprint density at radius 3 is 2.71 bits per heavy atom. The first-order valence-electron chi connectivity index (χ1n) is 7.78. The van der Waals surface area contributed by atoms with Crippen LogP contribution in [0.15, 0.2) is 24.3 Å². The van der Waals surface area contributed by atoms with Crippen LogP contribution >= 0.6 is 11.8 Å². The monoisotopic (exact) mass is 349 g/mol. The van der Waals surface area contributed by atoms with E-state index in [1.54, 1.807) is 11.8 Å². The number of imidazole rings is 1. The van der Waals surface area contributed by atoms with E-state index in [-0.39, 0.29) is 18.9 Å². The number of fused-ring (bicyclic) bond motifs is 1. The number of nitrogens with one attached hydrogen (secondary N) is 1. The van der Waals surface area contributed by atoms with Gasteiger partial charge in [-0.3, -0.25) is 9.59 Å². The summed E-state index contributed by atoms with van der Waals surface area (Å²) in [6.07, 6.45) is 2.41. The van der Waals surface area contributed by atoms with Gasteiger partial charge in [0.2, 0.25) is 5.91 Å². The van der Waals surface area contributed by atoms with Crippen molar-refractivity contribution in [2.45, 2.75) is 44.5 Å². The first-order valence-corrected chi connectivity index (χ1v) is 9.17. The molecule has 24 heavy (non-hydrogen) atoms. The van der Waals surface area contributed by atoms with Gasteiger partial charge in [-0.25, -0.2) is 4.98 Å². The van der Waals surface area contributed by atoms with E-state index in [0.717, 1.165) is 22.6 Å². The Balaban J connectivity index is 2.15. The number of carboxylic acid groups (broad SMARTS) is 1. The number of amides is 1. The molecule has 0 saturated carbocycles. The van der Waals surface area contributed by atoms with Gasteiger partial charge >= 0.3 is 5.97 Å². The molecule has 1 aromatic carbocycles. The minimum atomic E-state index is -0.861. The van der Waals surface area contributed by atoms with E-state index in [4.69, 9.17) is 5.11 Å². The lowest BCUT2D eigenvalue weighted by molar-refractivity contribution is -0.137. The van der Waals surface area contributed by atoms with Crippen molar-refractivity contribution < 1.29 is 14.7 Å². The lowest BCUT2D eigenvalue weighted by atomic mass is 9.98. The summed E-state index contributed by atoms with van der Waals surface area (Å²) >= 11 is 1.66. The fourth-order valence-corrected chi connectivity index (χ4v) is 3.06. The summed E-state index contributed by atoms with van der Waals surface area (Å²) in [5, 5.41) is 11.7. The zero-order valence-corrected chi connectivity index (χ0v) is 15.0. The maximum absolute atomic E-state index is 12.5. The SMILES string of the molecule is CSCc1nc2ccccc2n1CC(=O)NC(C)(C)CCC(=O)O. The van der Waals surface area contributed by atoms with Crippen LogP contribution in [0.4, 0.5) is 0 Å². The zero-order chi connectivity index (χ0) is 17.7. The quantitative estimate of drug-likeness (QED) is 0.765. The van der Waals surface area contributed by atoms with Crippen LogP contribution in [0.1, 0.15) is 32.5 Å². The van der Waals surface area contributed by atoms with E-state index in [1.807, 2.05) is 48.9 Å². The van der Waals surface area contributed by atoms with Gasteiger partial charge in [-0.05, 0) is 38.7 Å². The van der Waals surface area contributed by atoms with Crippen molar-refractivity contribution in [3.63, 3.8) is 0 Å². The van der Waals surface area contributed by atoms with Gasteiger partial charge in [0.05, 0.1) is 16.8 Å². The summed E-state index contributed by atoms with van der Waals surface area (Å²) < 4.78 is 1.93. The number of hydrogen-bond acceptors (Lipinski definition) is 4. The molecule has 0 aliphatic rings. The molecule has 1 heterocycles. The number of aromatic nitrogens is 2. The molecule has 0 bridgehead atoms. The second kappa shape index (κ2) is 7.70. The van der Waals surface area contributed by atoms with E-state index in [1.165, 1.54) is 0 Å². The van der Waals surface area contributed by atoms with Crippen LogP contribution in [-0.4, -0.2) is 38.3 Å². The van der Waals surface area contributed by atoms with Crippen molar-refractivity contribution in [1.82, 2.24) is 14.9 Å². The van der Waals surface area contributed by atoms with Crippen molar-refractivity contribution in [3.05, 3.63) is 30.1 Å². The number of nitrogens with zero attached hydrogens (tertiary/aromatic N) is 2. The summed E-state index contributed by atoms with van der Waals surface area (Å²) in [7, 11) is 0. The van der Waals surface area contributed by atoms with Gasteiger partial charge in [-0.2, -0.15) is 11.8 Å². The molecule has 0 aliphatic carbocycles. The summed E-state index contributed by atoms with van der Waals surface area (Å²) in [5.41, 5.74) is 1.24. The molecule has 0 unspecified atom stereocenters. The summed E-state index contributed by atoms with van der Waals surface area (Å²) in [6, 6.07) is 7.75. The number of benzene rings is 1. The number of thioether (sulfide) groups is 1. The first kappa shape index (κ1) is 18.3. The maximum Gasteiger partial charge on any atom is 0.303 e. The van der Waals surface area contributed by atoms with E-state index in [0.29, 0.717) is 6.42 Å². The Morgan fingerprint density at radius 2 is 2.04 bits per heavy atom. The molecular formula is C17H23N3O3S. The van der Waals surface area contributed by atoms with Gasteiger partial charge < -0.3 is 15.0 Å². The normalized spacial score (nSPS) is 11.6. The second-order valence-electron chi connectivity index (χ2n) is 6.36. The molecule has 0 fully saturated rings. The van der Waals surface area contributed by atoms with Gasteiger partial charge in [0.25, 0.3) is 0 Å². The van der Waals surface area contributed by atoms with Crippen LogP contribution in [0.3, 0.4) is 0 Å². The topological polar surface area (TPSA) is 84.2 Å². The Bertz CT molecular complexity index is 740. The molecule has 2 rings (SSSR count). The Kier molecular flexibility index (Phi) is 5.88. The van der Waals surface area contributed by atoms with E-state index >= 15 is 0 Å². The third-order valence-electron chi connectivity index (χ3n) is 3.75. The smallest absolute Gasteiger partial charge is 0.303 e. The van der Waals surface area contributed by atoms with Crippen LogP contribution in [0, 0.1) is 0 Å². The number of aliphatic carboxylic acids is 1. The third kappa shape index (κ3) is 4.74. The molecular weight excluding hydrogens is 326 g/mol. The van der Waals surface area contributed by atoms with Crippen molar-refractivity contribution in [1.29, 1.82) is 0 Å². The fraction of sp³-hybridized carbons (Fsp3) is 0.471. The maximum atomic E-state index is 12.5. The number of rotatable bonds is 8. The highest BCUT2D eigenvalue weighted by Crippen LogP contribution is 2.19. The highest BCUT2D eigenvalue weighted by Gasteiger charge is 2.22. The van der Waals surface area contributed by atoms with Crippen molar-refractivity contribution >= 4 is 34.7 Å². The molecule has 6 nitrogen and oxygen atoms in total. The second-order valence-corrected chi connectivity index (χ2v) is 7.23. The number of carbonyl (C=O) groups excluding carboxylic acids is 1. The van der Waals surface area contributed by atoms with Gasteiger partial charge in [-0.1, -0.05) is 12.1 Å². The molecule has 0 spiro atoms.